The number of Topliss-reactive ketones (excluding diaryl/α,β-unsaturated/α-hetero) is 1. The van der Waals surface area contributed by atoms with E-state index in [1.54, 1.807) is 30.6 Å². The molecule has 0 radical (unpaired) electrons. The van der Waals surface area contributed by atoms with Gasteiger partial charge in [-0.2, -0.15) is 0 Å². The Morgan fingerprint density at radius 3 is 2.39 bits per heavy atom. The average molecular weight is 529 g/mol. The largest absolute Gasteiger partial charge is 0.480 e. The predicted molar refractivity (Wildman–Crippen MR) is 138 cm³/mol. The molecule has 10 heteroatoms. The van der Waals surface area contributed by atoms with Crippen molar-refractivity contribution in [1.29, 1.82) is 0 Å². The van der Waals surface area contributed by atoms with Crippen LogP contribution in [0.1, 0.15) is 40.7 Å². The molecule has 0 aliphatic heterocycles. The molecule has 4 N–H and O–H groups in total. The highest BCUT2D eigenvalue weighted by molar-refractivity contribution is 6.39. The van der Waals surface area contributed by atoms with Crippen LogP contribution in [0.15, 0.2) is 54.9 Å². The van der Waals surface area contributed by atoms with Crippen LogP contribution in [0.4, 0.5) is 5.95 Å². The maximum Gasteiger partial charge on any atom is 0.326 e. The topological polar surface area (TPSA) is 124 Å². The number of carboxylic acid groups (broad SMARTS) is 1. The van der Waals surface area contributed by atoms with Crippen LogP contribution in [-0.2, 0) is 22.4 Å². The number of carbonyl (C=O) groups excluding carboxylic acids is 2. The fourth-order valence-corrected chi connectivity index (χ4v) is 5.03. The Hall–Kier alpha value is -3.36. The zero-order chi connectivity index (χ0) is 25.7. The van der Waals surface area contributed by atoms with Crippen LogP contribution in [0.5, 0.6) is 0 Å². The fourth-order valence-electron chi connectivity index (χ4n) is 4.46. The first-order valence-electron chi connectivity index (χ1n) is 11.6. The van der Waals surface area contributed by atoms with Gasteiger partial charge in [-0.3, -0.25) is 9.59 Å². The third-order valence-corrected chi connectivity index (χ3v) is 6.99. The third-order valence-electron chi connectivity index (χ3n) is 6.36. The van der Waals surface area contributed by atoms with Gasteiger partial charge in [-0.05, 0) is 42.5 Å². The lowest BCUT2D eigenvalue weighted by atomic mass is 9.95. The number of carboxylic acids is 1. The highest BCUT2D eigenvalue weighted by Crippen LogP contribution is 2.29. The lowest BCUT2D eigenvalue weighted by molar-refractivity contribution is -0.139. The summed E-state index contributed by atoms with van der Waals surface area (Å²) in [5, 5.41) is 15.7. The van der Waals surface area contributed by atoms with Gasteiger partial charge in [-0.15, -0.1) is 0 Å². The second-order valence-corrected chi connectivity index (χ2v) is 9.73. The predicted octanol–water partition coefficient (Wildman–Crippen LogP) is 4.53. The number of aliphatic carboxylic acids is 1. The molecule has 1 aromatic heterocycles. The minimum Gasteiger partial charge on any atom is -0.480 e. The molecule has 2 aromatic carbocycles. The van der Waals surface area contributed by atoms with E-state index < -0.39 is 17.9 Å². The van der Waals surface area contributed by atoms with Crippen molar-refractivity contribution in [3.8, 4) is 0 Å². The molecule has 0 bridgehead atoms. The van der Waals surface area contributed by atoms with E-state index in [1.165, 1.54) is 12.1 Å². The van der Waals surface area contributed by atoms with Gasteiger partial charge in [0.1, 0.15) is 11.8 Å². The Bertz CT molecular complexity index is 1210. The number of ketones is 1. The fraction of sp³-hybridized carbons (Fsp3) is 0.308. The lowest BCUT2D eigenvalue weighted by Crippen LogP contribution is -2.42. The summed E-state index contributed by atoms with van der Waals surface area (Å²) in [5.74, 6) is -0.921. The van der Waals surface area contributed by atoms with Gasteiger partial charge in [0.05, 0.1) is 15.6 Å². The molecule has 8 nitrogen and oxygen atoms in total. The number of H-pyrrole nitrogens is 1. The molecule has 1 aliphatic rings. The molecular formula is C26H26Cl2N4O4. The van der Waals surface area contributed by atoms with Crippen LogP contribution < -0.4 is 10.6 Å². The highest BCUT2D eigenvalue weighted by Gasteiger charge is 2.30. The Balaban J connectivity index is 1.32. The highest BCUT2D eigenvalue weighted by atomic mass is 35.5. The molecule has 0 saturated heterocycles. The molecule has 36 heavy (non-hydrogen) atoms. The van der Waals surface area contributed by atoms with Crippen molar-refractivity contribution < 1.29 is 19.5 Å². The Morgan fingerprint density at radius 1 is 1.06 bits per heavy atom. The number of anilines is 1. The maximum atomic E-state index is 12.8. The number of hydrogen-bond acceptors (Lipinski definition) is 5. The summed E-state index contributed by atoms with van der Waals surface area (Å²) >= 11 is 12.1. The molecule has 188 valence electrons. The van der Waals surface area contributed by atoms with Crippen LogP contribution >= 0.6 is 23.2 Å². The molecular weight excluding hydrogens is 503 g/mol. The Labute approximate surface area is 218 Å². The number of aromatic nitrogens is 2. The number of benzene rings is 2. The van der Waals surface area contributed by atoms with E-state index in [2.05, 4.69) is 20.6 Å². The minimum absolute atomic E-state index is 0.000349. The molecule has 3 aromatic rings. The lowest BCUT2D eigenvalue weighted by Gasteiger charge is -2.16. The van der Waals surface area contributed by atoms with Gasteiger partial charge in [-0.25, -0.2) is 9.78 Å². The number of amides is 1. The number of hydrogen-bond donors (Lipinski definition) is 4. The van der Waals surface area contributed by atoms with Crippen molar-refractivity contribution in [2.75, 3.05) is 5.32 Å². The van der Waals surface area contributed by atoms with Crippen molar-refractivity contribution >= 4 is 46.8 Å². The van der Waals surface area contributed by atoms with Crippen LogP contribution in [0.25, 0.3) is 0 Å². The normalized spacial score (nSPS) is 17.9. The van der Waals surface area contributed by atoms with Crippen molar-refractivity contribution in [2.24, 2.45) is 5.92 Å². The summed E-state index contributed by atoms with van der Waals surface area (Å²) in [7, 11) is 0. The first-order chi connectivity index (χ1) is 17.3. The van der Waals surface area contributed by atoms with E-state index in [4.69, 9.17) is 23.2 Å². The monoisotopic (exact) mass is 528 g/mol. The van der Waals surface area contributed by atoms with Gasteiger partial charge < -0.3 is 20.7 Å². The molecule has 3 atom stereocenters. The first-order valence-corrected chi connectivity index (χ1v) is 12.4. The van der Waals surface area contributed by atoms with E-state index in [0.717, 1.165) is 30.8 Å². The second-order valence-electron chi connectivity index (χ2n) is 8.91. The summed E-state index contributed by atoms with van der Waals surface area (Å²) in [6, 6.07) is 10.9. The van der Waals surface area contributed by atoms with E-state index >= 15 is 0 Å². The van der Waals surface area contributed by atoms with Crippen LogP contribution in [0, 0.1) is 5.92 Å². The molecule has 1 aliphatic carbocycles. The summed E-state index contributed by atoms with van der Waals surface area (Å²) in [6.45, 7) is 0. The summed E-state index contributed by atoms with van der Waals surface area (Å²) in [6.07, 6.45) is 6.35. The van der Waals surface area contributed by atoms with Gasteiger partial charge in [0.15, 0.2) is 5.95 Å². The molecule has 0 spiro atoms. The second kappa shape index (κ2) is 11.6. The number of imidazole rings is 1. The van der Waals surface area contributed by atoms with Gasteiger partial charge in [0, 0.05) is 37.2 Å². The number of halogens is 2. The van der Waals surface area contributed by atoms with E-state index in [0.29, 0.717) is 12.0 Å². The van der Waals surface area contributed by atoms with Crippen LogP contribution in [0.3, 0.4) is 0 Å². The summed E-state index contributed by atoms with van der Waals surface area (Å²) < 4.78 is 0. The summed E-state index contributed by atoms with van der Waals surface area (Å²) in [4.78, 5) is 44.4. The zero-order valence-corrected chi connectivity index (χ0v) is 20.9. The van der Waals surface area contributed by atoms with Crippen molar-refractivity contribution in [3.63, 3.8) is 0 Å². The Morgan fingerprint density at radius 2 is 1.75 bits per heavy atom. The molecule has 1 saturated carbocycles. The molecule has 4 rings (SSSR count). The minimum atomic E-state index is -1.18. The molecule has 1 heterocycles. The third kappa shape index (κ3) is 6.44. The standard InChI is InChI=1S/C26H26Cl2N4O4/c27-19-2-1-3-20(28)23(19)24(34)32-21(25(35)36)12-15-4-6-16(7-5-15)13-22(33)17-8-9-18(14-17)31-26-29-10-11-30-26/h1-7,10-11,17-18,21H,8-9,12-14H2,(H,32,34)(H,35,36)(H2,29,30,31)/t17-,18+,21-/m0/s1. The number of nitrogens with zero attached hydrogens (tertiary/aromatic N) is 1. The number of rotatable bonds is 10. The Kier molecular flexibility index (Phi) is 8.28. The van der Waals surface area contributed by atoms with Crippen LogP contribution in [-0.4, -0.2) is 44.8 Å². The molecule has 0 unspecified atom stereocenters. The summed E-state index contributed by atoms with van der Waals surface area (Å²) in [5.41, 5.74) is 1.62. The average Bonchev–Trinajstić information content (AvgIpc) is 3.52. The maximum absolute atomic E-state index is 12.8. The number of aromatic amines is 1. The zero-order valence-electron chi connectivity index (χ0n) is 19.3. The van der Waals surface area contributed by atoms with E-state index in [1.807, 2.05) is 12.1 Å². The number of carbonyl (C=O) groups is 3. The van der Waals surface area contributed by atoms with Gasteiger partial charge in [-0.1, -0.05) is 53.5 Å². The smallest absolute Gasteiger partial charge is 0.326 e. The van der Waals surface area contributed by atoms with Crippen molar-refractivity contribution in [2.45, 2.75) is 44.2 Å². The van der Waals surface area contributed by atoms with Crippen molar-refractivity contribution in [3.05, 3.63) is 81.6 Å². The van der Waals surface area contributed by atoms with E-state index in [9.17, 15) is 19.5 Å². The van der Waals surface area contributed by atoms with Gasteiger partial charge in [0.2, 0.25) is 0 Å². The first kappa shape index (κ1) is 25.7. The molecule has 1 fully saturated rings. The van der Waals surface area contributed by atoms with Gasteiger partial charge >= 0.3 is 5.97 Å². The number of nitrogens with one attached hydrogen (secondary N) is 3. The SMILES string of the molecule is O=C(N[C@@H](Cc1ccc(CC(=O)[C@H]2CC[C@@H](Nc3ncc[nH]3)C2)cc1)C(=O)O)c1c(Cl)cccc1Cl. The molecule has 1 amide bonds. The van der Waals surface area contributed by atoms with Crippen molar-refractivity contribution in [1.82, 2.24) is 15.3 Å². The van der Waals surface area contributed by atoms with E-state index in [-0.39, 0.29) is 39.8 Å². The van der Waals surface area contributed by atoms with Crippen LogP contribution in [0.2, 0.25) is 10.0 Å². The quantitative estimate of drug-likeness (QED) is 0.306. The van der Waals surface area contributed by atoms with Gasteiger partial charge in [0.25, 0.3) is 5.91 Å².